The van der Waals surface area contributed by atoms with E-state index >= 15 is 0 Å². The number of Topliss-reactive ketones (excluding diaryl/α,β-unsaturated/α-hetero) is 1. The number of alkyl halides is 3. The van der Waals surface area contributed by atoms with Gasteiger partial charge in [0.05, 0.1) is 0 Å². The van der Waals surface area contributed by atoms with Crippen LogP contribution >= 0.6 is 0 Å². The van der Waals surface area contributed by atoms with Gasteiger partial charge in [-0.25, -0.2) is 0 Å². The zero-order valence-electron chi connectivity index (χ0n) is 7.81. The first kappa shape index (κ1) is 11.5. The summed E-state index contributed by atoms with van der Waals surface area (Å²) in [5.41, 5.74) is 5.61. The van der Waals surface area contributed by atoms with Crippen LogP contribution in [-0.2, 0) is 4.79 Å². The van der Waals surface area contributed by atoms with E-state index in [1.54, 1.807) is 0 Å². The Labute approximate surface area is 80.7 Å². The number of carbonyl (C=O) groups is 1. The molecular formula is C9H14F3NO. The maximum atomic E-state index is 11.9. The molecule has 0 heterocycles. The molecule has 0 aromatic carbocycles. The Morgan fingerprint density at radius 3 is 2.14 bits per heavy atom. The first-order valence-corrected chi connectivity index (χ1v) is 4.75. The van der Waals surface area contributed by atoms with E-state index in [4.69, 9.17) is 5.73 Å². The van der Waals surface area contributed by atoms with Crippen LogP contribution in [0.1, 0.15) is 32.1 Å². The van der Waals surface area contributed by atoms with Crippen molar-refractivity contribution >= 4 is 5.78 Å². The average Bonchev–Trinajstić information content (AvgIpc) is 2.07. The Morgan fingerprint density at radius 2 is 1.71 bits per heavy atom. The molecule has 0 bridgehead atoms. The molecule has 14 heavy (non-hydrogen) atoms. The van der Waals surface area contributed by atoms with Crippen LogP contribution in [-0.4, -0.2) is 18.0 Å². The zero-order chi connectivity index (χ0) is 10.8. The number of halogens is 3. The maximum Gasteiger partial charge on any atom is 0.449 e. The Kier molecular flexibility index (Phi) is 3.53. The highest BCUT2D eigenvalue weighted by molar-refractivity contribution is 5.84. The smallest absolute Gasteiger partial charge is 0.328 e. The topological polar surface area (TPSA) is 43.1 Å². The van der Waals surface area contributed by atoms with Gasteiger partial charge in [0.15, 0.2) is 0 Å². The van der Waals surface area contributed by atoms with E-state index in [1.165, 1.54) is 0 Å². The SMILES string of the molecule is NC1CCC(CC(=O)C(F)(F)F)CC1. The standard InChI is InChI=1S/C9H14F3NO/c10-9(11,12)8(14)5-6-1-3-7(13)4-2-6/h6-7H,1-5,13H2. The summed E-state index contributed by atoms with van der Waals surface area (Å²) in [7, 11) is 0. The molecular weight excluding hydrogens is 195 g/mol. The van der Waals surface area contributed by atoms with Crippen LogP contribution in [0.3, 0.4) is 0 Å². The predicted molar refractivity (Wildman–Crippen MR) is 45.6 cm³/mol. The first-order chi connectivity index (χ1) is 6.39. The van der Waals surface area contributed by atoms with Gasteiger partial charge < -0.3 is 5.73 Å². The van der Waals surface area contributed by atoms with Gasteiger partial charge >= 0.3 is 6.18 Å². The molecule has 0 atom stereocenters. The Hall–Kier alpha value is -0.580. The van der Waals surface area contributed by atoms with E-state index in [0.717, 1.165) is 12.8 Å². The molecule has 0 saturated heterocycles. The van der Waals surface area contributed by atoms with Gasteiger partial charge in [-0.1, -0.05) is 0 Å². The number of hydrogen-bond donors (Lipinski definition) is 1. The quantitative estimate of drug-likeness (QED) is 0.756. The Balaban J connectivity index is 2.35. The van der Waals surface area contributed by atoms with Gasteiger partial charge in [0.2, 0.25) is 5.78 Å². The fraction of sp³-hybridized carbons (Fsp3) is 0.889. The highest BCUT2D eigenvalue weighted by atomic mass is 19.4. The normalized spacial score (nSPS) is 28.9. The number of ketones is 1. The second kappa shape index (κ2) is 4.29. The van der Waals surface area contributed by atoms with Crippen LogP contribution in [0.4, 0.5) is 13.2 Å². The van der Waals surface area contributed by atoms with Crippen LogP contribution in [0, 0.1) is 5.92 Å². The molecule has 0 aromatic heterocycles. The van der Waals surface area contributed by atoms with E-state index in [-0.39, 0.29) is 18.4 Å². The average molecular weight is 209 g/mol. The summed E-state index contributed by atoms with van der Waals surface area (Å²) in [6.45, 7) is 0. The molecule has 0 amide bonds. The Bertz CT molecular complexity index is 207. The largest absolute Gasteiger partial charge is 0.449 e. The highest BCUT2D eigenvalue weighted by Crippen LogP contribution is 2.29. The molecule has 0 aromatic rings. The van der Waals surface area contributed by atoms with E-state index in [2.05, 4.69) is 0 Å². The van der Waals surface area contributed by atoms with E-state index < -0.39 is 12.0 Å². The van der Waals surface area contributed by atoms with Gasteiger partial charge in [-0.15, -0.1) is 0 Å². The van der Waals surface area contributed by atoms with Crippen molar-refractivity contribution in [2.24, 2.45) is 11.7 Å². The van der Waals surface area contributed by atoms with Gasteiger partial charge in [0.1, 0.15) is 0 Å². The van der Waals surface area contributed by atoms with Crippen molar-refractivity contribution in [3.05, 3.63) is 0 Å². The number of rotatable bonds is 2. The monoisotopic (exact) mass is 209 g/mol. The molecule has 5 heteroatoms. The minimum absolute atomic E-state index is 0.104. The van der Waals surface area contributed by atoms with Gasteiger partial charge in [-0.3, -0.25) is 4.79 Å². The van der Waals surface area contributed by atoms with Crippen molar-refractivity contribution in [1.82, 2.24) is 0 Å². The lowest BCUT2D eigenvalue weighted by Gasteiger charge is -2.25. The van der Waals surface area contributed by atoms with E-state index in [0.29, 0.717) is 12.8 Å². The molecule has 2 nitrogen and oxygen atoms in total. The third-order valence-electron chi connectivity index (χ3n) is 2.68. The molecule has 1 aliphatic carbocycles. The molecule has 0 spiro atoms. The summed E-state index contributed by atoms with van der Waals surface area (Å²) in [5, 5.41) is 0. The van der Waals surface area contributed by atoms with Crippen molar-refractivity contribution < 1.29 is 18.0 Å². The van der Waals surface area contributed by atoms with Gasteiger partial charge in [0, 0.05) is 12.5 Å². The second-order valence-electron chi connectivity index (χ2n) is 3.91. The minimum Gasteiger partial charge on any atom is -0.328 e. The lowest BCUT2D eigenvalue weighted by atomic mass is 9.83. The molecule has 1 saturated carbocycles. The highest BCUT2D eigenvalue weighted by Gasteiger charge is 2.39. The minimum atomic E-state index is -4.67. The first-order valence-electron chi connectivity index (χ1n) is 4.75. The third kappa shape index (κ3) is 3.29. The Morgan fingerprint density at radius 1 is 1.21 bits per heavy atom. The van der Waals surface area contributed by atoms with Gasteiger partial charge in [-0.2, -0.15) is 13.2 Å². The van der Waals surface area contributed by atoms with Crippen LogP contribution in [0.5, 0.6) is 0 Å². The van der Waals surface area contributed by atoms with Crippen molar-refractivity contribution in [2.75, 3.05) is 0 Å². The summed E-state index contributed by atoms with van der Waals surface area (Å²) in [6, 6.07) is 0.104. The summed E-state index contributed by atoms with van der Waals surface area (Å²) in [4.78, 5) is 10.7. The molecule has 2 N–H and O–H groups in total. The maximum absolute atomic E-state index is 11.9. The molecule has 82 valence electrons. The van der Waals surface area contributed by atoms with Crippen LogP contribution in [0.15, 0.2) is 0 Å². The lowest BCUT2D eigenvalue weighted by molar-refractivity contribution is -0.172. The summed E-state index contributed by atoms with van der Waals surface area (Å²) in [6.07, 6.45) is -2.28. The van der Waals surface area contributed by atoms with Crippen molar-refractivity contribution in [3.63, 3.8) is 0 Å². The number of nitrogens with two attached hydrogens (primary N) is 1. The summed E-state index contributed by atoms with van der Waals surface area (Å²) >= 11 is 0. The fourth-order valence-electron chi connectivity index (χ4n) is 1.77. The molecule has 1 fully saturated rings. The van der Waals surface area contributed by atoms with Crippen LogP contribution < -0.4 is 5.73 Å². The predicted octanol–water partition coefficient (Wildman–Crippen LogP) is 2.03. The molecule has 1 rings (SSSR count). The van der Waals surface area contributed by atoms with Crippen molar-refractivity contribution in [3.8, 4) is 0 Å². The van der Waals surface area contributed by atoms with Crippen LogP contribution in [0.2, 0.25) is 0 Å². The third-order valence-corrected chi connectivity index (χ3v) is 2.68. The molecule has 1 aliphatic rings. The fourth-order valence-corrected chi connectivity index (χ4v) is 1.77. The van der Waals surface area contributed by atoms with Gasteiger partial charge in [0.25, 0.3) is 0 Å². The molecule has 0 unspecified atom stereocenters. The summed E-state index contributed by atoms with van der Waals surface area (Å²) < 4.78 is 35.7. The molecule has 0 radical (unpaired) electrons. The number of carbonyl (C=O) groups excluding carboxylic acids is 1. The van der Waals surface area contributed by atoms with E-state index in [9.17, 15) is 18.0 Å². The van der Waals surface area contributed by atoms with Crippen molar-refractivity contribution in [2.45, 2.75) is 44.3 Å². The zero-order valence-corrected chi connectivity index (χ0v) is 7.81. The van der Waals surface area contributed by atoms with Gasteiger partial charge in [-0.05, 0) is 31.6 Å². The second-order valence-corrected chi connectivity index (χ2v) is 3.91. The summed E-state index contributed by atoms with van der Waals surface area (Å²) in [5.74, 6) is -1.72. The number of hydrogen-bond acceptors (Lipinski definition) is 2. The lowest BCUT2D eigenvalue weighted by Crippen LogP contribution is -2.30. The van der Waals surface area contributed by atoms with Crippen LogP contribution in [0.25, 0.3) is 0 Å². The van der Waals surface area contributed by atoms with E-state index in [1.807, 2.05) is 0 Å². The van der Waals surface area contributed by atoms with Crippen molar-refractivity contribution in [1.29, 1.82) is 0 Å². The molecule has 0 aliphatic heterocycles.